The van der Waals surface area contributed by atoms with Crippen molar-refractivity contribution >= 4 is 35.6 Å². The standard InChI is InChI=1S/C16H23F3N4O.HI/c1-2-23-10-6-5-7-12(23)11-21-15(20)22-13-8-3-4-9-14(13)24-16(17,18)19;/h3-4,8-9,12H,2,5-7,10-11H2,1H3,(H3,20,21,22);1H. The molecular weight excluding hydrogens is 448 g/mol. The van der Waals surface area contributed by atoms with E-state index >= 15 is 0 Å². The number of ether oxygens (including phenoxy) is 1. The highest BCUT2D eigenvalue weighted by atomic mass is 127. The largest absolute Gasteiger partial charge is 0.573 e. The van der Waals surface area contributed by atoms with Crippen molar-refractivity contribution in [1.29, 1.82) is 0 Å². The van der Waals surface area contributed by atoms with Crippen LogP contribution in [0.2, 0.25) is 0 Å². The third-order valence-electron chi connectivity index (χ3n) is 4.00. The minimum absolute atomic E-state index is 0. The Balaban J connectivity index is 0.00000312. The second kappa shape index (κ2) is 10.0. The first-order valence-corrected chi connectivity index (χ1v) is 8.05. The van der Waals surface area contributed by atoms with E-state index in [0.717, 1.165) is 25.9 Å². The average molecular weight is 472 g/mol. The Morgan fingerprint density at radius 3 is 2.76 bits per heavy atom. The normalized spacial score (nSPS) is 19.2. The van der Waals surface area contributed by atoms with Crippen LogP contribution in [0.4, 0.5) is 18.9 Å². The Labute approximate surface area is 162 Å². The number of piperidine rings is 1. The van der Waals surface area contributed by atoms with Gasteiger partial charge < -0.3 is 15.8 Å². The summed E-state index contributed by atoms with van der Waals surface area (Å²) in [5.74, 6) is -0.258. The molecule has 0 aromatic heterocycles. The lowest BCUT2D eigenvalue weighted by Gasteiger charge is -2.33. The van der Waals surface area contributed by atoms with E-state index in [1.807, 2.05) is 0 Å². The number of nitrogens with two attached hydrogens (primary N) is 1. The van der Waals surface area contributed by atoms with Crippen LogP contribution in [0.3, 0.4) is 0 Å². The van der Waals surface area contributed by atoms with E-state index < -0.39 is 6.36 Å². The van der Waals surface area contributed by atoms with E-state index in [1.54, 1.807) is 6.07 Å². The summed E-state index contributed by atoms with van der Waals surface area (Å²) in [4.78, 5) is 6.63. The lowest BCUT2D eigenvalue weighted by molar-refractivity contribution is -0.274. The molecule has 1 saturated heterocycles. The van der Waals surface area contributed by atoms with Crippen molar-refractivity contribution in [2.24, 2.45) is 10.7 Å². The first-order chi connectivity index (χ1) is 11.4. The number of guanidine groups is 1. The lowest BCUT2D eigenvalue weighted by Crippen LogP contribution is -2.41. The first-order valence-electron chi connectivity index (χ1n) is 8.05. The number of alkyl halides is 3. The molecule has 5 nitrogen and oxygen atoms in total. The molecule has 0 aliphatic carbocycles. The molecule has 1 fully saturated rings. The van der Waals surface area contributed by atoms with Gasteiger partial charge in [-0.1, -0.05) is 25.5 Å². The molecule has 0 saturated carbocycles. The molecule has 1 heterocycles. The number of likely N-dealkylation sites (tertiary alicyclic amines) is 1. The molecule has 3 N–H and O–H groups in total. The molecule has 25 heavy (non-hydrogen) atoms. The van der Waals surface area contributed by atoms with Crippen molar-refractivity contribution in [3.05, 3.63) is 24.3 Å². The topological polar surface area (TPSA) is 62.9 Å². The van der Waals surface area contributed by atoms with Crippen LogP contribution in [-0.4, -0.2) is 42.9 Å². The van der Waals surface area contributed by atoms with Crippen molar-refractivity contribution in [3.8, 4) is 5.75 Å². The molecule has 0 radical (unpaired) electrons. The molecule has 0 amide bonds. The van der Waals surface area contributed by atoms with Gasteiger partial charge in [0, 0.05) is 6.04 Å². The van der Waals surface area contributed by atoms with E-state index in [4.69, 9.17) is 5.73 Å². The molecule has 1 aliphatic heterocycles. The summed E-state index contributed by atoms with van der Waals surface area (Å²) >= 11 is 0. The molecule has 1 aromatic carbocycles. The molecule has 1 aromatic rings. The quantitative estimate of drug-likeness (QED) is 0.389. The van der Waals surface area contributed by atoms with Gasteiger partial charge in [-0.3, -0.25) is 9.89 Å². The fourth-order valence-electron chi connectivity index (χ4n) is 2.85. The average Bonchev–Trinajstić information content (AvgIpc) is 2.53. The molecule has 1 atom stereocenters. The van der Waals surface area contributed by atoms with Gasteiger partial charge in [0.15, 0.2) is 11.7 Å². The van der Waals surface area contributed by atoms with Crippen LogP contribution in [0.15, 0.2) is 29.3 Å². The van der Waals surface area contributed by atoms with Gasteiger partial charge in [-0.2, -0.15) is 0 Å². The van der Waals surface area contributed by atoms with E-state index in [-0.39, 0.29) is 41.4 Å². The molecule has 142 valence electrons. The van der Waals surface area contributed by atoms with Gasteiger partial charge in [0.2, 0.25) is 0 Å². The van der Waals surface area contributed by atoms with Gasteiger partial charge >= 0.3 is 6.36 Å². The first kappa shape index (κ1) is 21.8. The molecule has 0 bridgehead atoms. The Morgan fingerprint density at radius 1 is 1.36 bits per heavy atom. The zero-order chi connectivity index (χ0) is 17.6. The number of nitrogens with one attached hydrogen (secondary N) is 1. The number of anilines is 1. The van der Waals surface area contributed by atoms with Crippen LogP contribution in [0.5, 0.6) is 5.75 Å². The van der Waals surface area contributed by atoms with Crippen LogP contribution < -0.4 is 15.8 Å². The fraction of sp³-hybridized carbons (Fsp3) is 0.562. The van der Waals surface area contributed by atoms with Crippen LogP contribution in [0, 0.1) is 0 Å². The Bertz CT molecular complexity index is 569. The highest BCUT2D eigenvalue weighted by molar-refractivity contribution is 14.0. The summed E-state index contributed by atoms with van der Waals surface area (Å²) in [6.07, 6.45) is -1.36. The summed E-state index contributed by atoms with van der Waals surface area (Å²) in [5.41, 5.74) is 5.96. The van der Waals surface area contributed by atoms with Crippen LogP contribution in [-0.2, 0) is 0 Å². The smallest absolute Gasteiger partial charge is 0.404 e. The molecule has 1 unspecified atom stereocenters. The maximum Gasteiger partial charge on any atom is 0.573 e. The number of halogens is 4. The number of nitrogens with zero attached hydrogens (tertiary/aromatic N) is 2. The minimum Gasteiger partial charge on any atom is -0.404 e. The maximum atomic E-state index is 12.4. The number of likely N-dealkylation sites (N-methyl/N-ethyl adjacent to an activating group) is 1. The van der Waals surface area contributed by atoms with E-state index in [9.17, 15) is 13.2 Å². The van der Waals surface area contributed by atoms with Crippen molar-refractivity contribution in [2.75, 3.05) is 25.0 Å². The zero-order valence-electron chi connectivity index (χ0n) is 14.1. The van der Waals surface area contributed by atoms with Crippen LogP contribution in [0.1, 0.15) is 26.2 Å². The SMILES string of the molecule is CCN1CCCCC1CN=C(N)Nc1ccccc1OC(F)(F)F.I. The van der Waals surface area contributed by atoms with E-state index in [1.165, 1.54) is 24.6 Å². The predicted octanol–water partition coefficient (Wildman–Crippen LogP) is 3.80. The summed E-state index contributed by atoms with van der Waals surface area (Å²) in [6.45, 7) is 4.63. The monoisotopic (exact) mass is 472 g/mol. The highest BCUT2D eigenvalue weighted by Crippen LogP contribution is 2.29. The minimum atomic E-state index is -4.76. The number of benzene rings is 1. The van der Waals surface area contributed by atoms with Gasteiger partial charge in [-0.15, -0.1) is 37.1 Å². The molecular formula is C16H24F3IN4O. The zero-order valence-corrected chi connectivity index (χ0v) is 16.4. The lowest BCUT2D eigenvalue weighted by atomic mass is 10.0. The van der Waals surface area contributed by atoms with Crippen molar-refractivity contribution < 1.29 is 17.9 Å². The van der Waals surface area contributed by atoms with Crippen LogP contribution >= 0.6 is 24.0 Å². The summed E-state index contributed by atoms with van der Waals surface area (Å²) < 4.78 is 41.2. The third-order valence-corrected chi connectivity index (χ3v) is 4.00. The van der Waals surface area contributed by atoms with E-state index in [2.05, 4.69) is 26.9 Å². The third kappa shape index (κ3) is 7.27. The number of hydrogen-bond acceptors (Lipinski definition) is 3. The number of para-hydroxylation sites is 2. The second-order valence-corrected chi connectivity index (χ2v) is 5.67. The van der Waals surface area contributed by atoms with Crippen molar-refractivity contribution in [2.45, 2.75) is 38.6 Å². The van der Waals surface area contributed by atoms with Crippen molar-refractivity contribution in [3.63, 3.8) is 0 Å². The maximum absolute atomic E-state index is 12.4. The predicted molar refractivity (Wildman–Crippen MR) is 104 cm³/mol. The van der Waals surface area contributed by atoms with Gasteiger partial charge in [0.1, 0.15) is 0 Å². The summed E-state index contributed by atoms with van der Waals surface area (Å²) in [6, 6.07) is 6.07. The van der Waals surface area contributed by atoms with E-state index in [0.29, 0.717) is 12.6 Å². The Hall–Kier alpha value is -1.23. The van der Waals surface area contributed by atoms with Gasteiger partial charge in [0.05, 0.1) is 12.2 Å². The number of rotatable bonds is 5. The van der Waals surface area contributed by atoms with Crippen molar-refractivity contribution in [1.82, 2.24) is 4.90 Å². The number of hydrogen-bond donors (Lipinski definition) is 2. The van der Waals surface area contributed by atoms with Gasteiger partial charge in [-0.05, 0) is 38.1 Å². The molecule has 1 aliphatic rings. The molecule has 9 heteroatoms. The second-order valence-electron chi connectivity index (χ2n) is 5.67. The molecule has 0 spiro atoms. The number of aliphatic imine (C=N–C) groups is 1. The summed E-state index contributed by atoms with van der Waals surface area (Å²) in [5, 5.41) is 2.69. The fourth-order valence-corrected chi connectivity index (χ4v) is 2.85. The Kier molecular flexibility index (Phi) is 8.77. The van der Waals surface area contributed by atoms with Crippen LogP contribution in [0.25, 0.3) is 0 Å². The molecule has 2 rings (SSSR count). The van der Waals surface area contributed by atoms with Gasteiger partial charge in [-0.25, -0.2) is 0 Å². The van der Waals surface area contributed by atoms with Gasteiger partial charge in [0.25, 0.3) is 0 Å². The Morgan fingerprint density at radius 2 is 2.08 bits per heavy atom. The highest BCUT2D eigenvalue weighted by Gasteiger charge is 2.32. The summed E-state index contributed by atoms with van der Waals surface area (Å²) in [7, 11) is 0.